The molecule has 3 heterocycles. The Morgan fingerprint density at radius 1 is 1.24 bits per heavy atom. The van der Waals surface area contributed by atoms with Gasteiger partial charge in [0.2, 0.25) is 0 Å². The number of nitrogens with zero attached hydrogens (tertiary/aromatic N) is 3. The van der Waals surface area contributed by atoms with Gasteiger partial charge >= 0.3 is 0 Å². The first-order valence-corrected chi connectivity index (χ1v) is 14.0. The fourth-order valence-corrected chi connectivity index (χ4v) is 5.80. The highest BCUT2D eigenvalue weighted by Gasteiger charge is 2.35. The molecule has 6 nitrogen and oxygen atoms in total. The standard InChI is InChI=1S/C29H31N3O3S2/c1-3-4-14-34-23-12-13-25(20(2)16-23)27-21(18-32(30-27)22-9-6-5-7-10-22)17-26-28(33)31(29(36)37-26)19-24-11-8-15-35-24/h5-7,9-10,12-13,16-18,24H,3-4,8,11,14-15,19H2,1-2H3/b26-17-/t24-/m0/s1. The molecule has 2 saturated heterocycles. The molecule has 1 atom stereocenters. The zero-order chi connectivity index (χ0) is 25.8. The average Bonchev–Trinajstić information content (AvgIpc) is 3.63. The number of ether oxygens (including phenoxy) is 2. The highest BCUT2D eigenvalue weighted by atomic mass is 32.2. The summed E-state index contributed by atoms with van der Waals surface area (Å²) in [6, 6.07) is 16.1. The number of carbonyl (C=O) groups is 1. The minimum Gasteiger partial charge on any atom is -0.494 e. The molecule has 2 aliphatic rings. The summed E-state index contributed by atoms with van der Waals surface area (Å²) in [6.45, 7) is 6.18. The number of carbonyl (C=O) groups excluding carboxylic acids is 1. The van der Waals surface area contributed by atoms with Gasteiger partial charge in [-0.2, -0.15) is 5.10 Å². The summed E-state index contributed by atoms with van der Waals surface area (Å²) in [4.78, 5) is 15.6. The van der Waals surface area contributed by atoms with E-state index in [9.17, 15) is 4.79 Å². The number of rotatable bonds is 9. The third-order valence-corrected chi connectivity index (χ3v) is 7.93. The second kappa shape index (κ2) is 11.6. The van der Waals surface area contributed by atoms with Crippen LogP contribution in [0.4, 0.5) is 0 Å². The monoisotopic (exact) mass is 533 g/mol. The lowest BCUT2D eigenvalue weighted by atomic mass is 10.0. The molecular weight excluding hydrogens is 502 g/mol. The number of hydrogen-bond acceptors (Lipinski definition) is 6. The maximum atomic E-state index is 13.3. The van der Waals surface area contributed by atoms with Gasteiger partial charge in [0, 0.05) is 23.9 Å². The minimum atomic E-state index is -0.0692. The predicted molar refractivity (Wildman–Crippen MR) is 153 cm³/mol. The topological polar surface area (TPSA) is 56.6 Å². The van der Waals surface area contributed by atoms with Crippen molar-refractivity contribution in [2.24, 2.45) is 0 Å². The number of unbranched alkanes of at least 4 members (excludes halogenated alkanes) is 1. The highest BCUT2D eigenvalue weighted by Crippen LogP contribution is 2.36. The van der Waals surface area contributed by atoms with E-state index in [4.69, 9.17) is 26.8 Å². The molecule has 8 heteroatoms. The number of para-hydroxylation sites is 1. The Kier molecular flexibility index (Phi) is 8.08. The Morgan fingerprint density at radius 2 is 2.08 bits per heavy atom. The number of thioether (sulfide) groups is 1. The molecule has 0 saturated carbocycles. The van der Waals surface area contributed by atoms with E-state index in [1.807, 2.05) is 59.4 Å². The van der Waals surface area contributed by atoms with Crippen molar-refractivity contribution in [1.29, 1.82) is 0 Å². The minimum absolute atomic E-state index is 0.0546. The molecule has 0 aliphatic carbocycles. The lowest BCUT2D eigenvalue weighted by molar-refractivity contribution is -0.123. The van der Waals surface area contributed by atoms with Crippen LogP contribution < -0.4 is 4.74 Å². The summed E-state index contributed by atoms with van der Waals surface area (Å²) in [5.41, 5.74) is 4.69. The van der Waals surface area contributed by atoms with Crippen LogP contribution in [0.2, 0.25) is 0 Å². The van der Waals surface area contributed by atoms with E-state index in [-0.39, 0.29) is 12.0 Å². The quantitative estimate of drug-likeness (QED) is 0.180. The summed E-state index contributed by atoms with van der Waals surface area (Å²) in [5.74, 6) is 0.786. The summed E-state index contributed by atoms with van der Waals surface area (Å²) in [7, 11) is 0. The van der Waals surface area contributed by atoms with E-state index in [2.05, 4.69) is 19.9 Å². The van der Waals surface area contributed by atoms with E-state index in [1.54, 1.807) is 4.90 Å². The second-order valence-electron chi connectivity index (χ2n) is 9.32. The van der Waals surface area contributed by atoms with Gasteiger partial charge in [-0.3, -0.25) is 9.69 Å². The Bertz CT molecular complexity index is 1310. The van der Waals surface area contributed by atoms with Crippen molar-refractivity contribution in [3.63, 3.8) is 0 Å². The van der Waals surface area contributed by atoms with Crippen molar-refractivity contribution in [2.75, 3.05) is 19.8 Å². The fourth-order valence-electron chi connectivity index (χ4n) is 4.53. The van der Waals surface area contributed by atoms with Crippen LogP contribution in [0.3, 0.4) is 0 Å². The van der Waals surface area contributed by atoms with Crippen LogP contribution in [-0.2, 0) is 9.53 Å². The van der Waals surface area contributed by atoms with Crippen LogP contribution in [0.15, 0.2) is 59.6 Å². The Balaban J connectivity index is 1.49. The fraction of sp³-hybridized carbons (Fsp3) is 0.345. The van der Waals surface area contributed by atoms with Crippen molar-refractivity contribution in [3.8, 4) is 22.7 Å². The molecule has 0 radical (unpaired) electrons. The molecule has 1 amide bonds. The molecular formula is C29H31N3O3S2. The third kappa shape index (κ3) is 5.81. The molecule has 37 heavy (non-hydrogen) atoms. The summed E-state index contributed by atoms with van der Waals surface area (Å²) in [6.07, 6.45) is 8.05. The smallest absolute Gasteiger partial charge is 0.266 e. The van der Waals surface area contributed by atoms with Crippen LogP contribution in [0.1, 0.15) is 43.7 Å². The molecule has 2 aliphatic heterocycles. The van der Waals surface area contributed by atoms with Crippen LogP contribution in [0.25, 0.3) is 23.0 Å². The largest absolute Gasteiger partial charge is 0.494 e. The highest BCUT2D eigenvalue weighted by molar-refractivity contribution is 8.26. The molecule has 0 bridgehead atoms. The second-order valence-corrected chi connectivity index (χ2v) is 11.0. The van der Waals surface area contributed by atoms with E-state index >= 15 is 0 Å². The van der Waals surface area contributed by atoms with Crippen LogP contribution in [-0.4, -0.2) is 50.8 Å². The number of amides is 1. The van der Waals surface area contributed by atoms with Crippen LogP contribution in [0, 0.1) is 6.92 Å². The lowest BCUT2D eigenvalue weighted by Gasteiger charge is -2.18. The molecule has 192 valence electrons. The molecule has 1 aromatic heterocycles. The van der Waals surface area contributed by atoms with Gasteiger partial charge in [0.25, 0.3) is 5.91 Å². The number of hydrogen-bond donors (Lipinski definition) is 0. The average molecular weight is 534 g/mol. The Labute approximate surface area is 227 Å². The SMILES string of the molecule is CCCCOc1ccc(-c2nn(-c3ccccc3)cc2/C=C2\SC(=S)N(C[C@@H]3CCCO3)C2=O)c(C)c1. The Hall–Kier alpha value is -2.94. The van der Waals surface area contributed by atoms with Gasteiger partial charge in [-0.25, -0.2) is 4.68 Å². The molecule has 5 rings (SSSR count). The zero-order valence-corrected chi connectivity index (χ0v) is 22.8. The van der Waals surface area contributed by atoms with Gasteiger partial charge in [0.15, 0.2) is 0 Å². The van der Waals surface area contributed by atoms with Crippen molar-refractivity contribution >= 4 is 40.3 Å². The van der Waals surface area contributed by atoms with Gasteiger partial charge in [-0.1, -0.05) is 55.5 Å². The van der Waals surface area contributed by atoms with Crippen molar-refractivity contribution in [3.05, 3.63) is 70.8 Å². The summed E-state index contributed by atoms with van der Waals surface area (Å²) < 4.78 is 14.1. The third-order valence-electron chi connectivity index (χ3n) is 6.55. The molecule has 0 spiro atoms. The first-order valence-electron chi connectivity index (χ1n) is 12.8. The Morgan fingerprint density at radius 3 is 2.81 bits per heavy atom. The summed E-state index contributed by atoms with van der Waals surface area (Å²) in [5, 5.41) is 4.95. The van der Waals surface area contributed by atoms with Crippen molar-refractivity contribution in [2.45, 2.75) is 45.6 Å². The first kappa shape index (κ1) is 25.7. The van der Waals surface area contributed by atoms with Gasteiger partial charge in [-0.15, -0.1) is 0 Å². The zero-order valence-electron chi connectivity index (χ0n) is 21.2. The number of aryl methyl sites for hydroxylation is 1. The predicted octanol–water partition coefficient (Wildman–Crippen LogP) is 6.41. The van der Waals surface area contributed by atoms with E-state index in [0.717, 1.165) is 66.1 Å². The molecule has 2 aromatic carbocycles. The van der Waals surface area contributed by atoms with Crippen molar-refractivity contribution < 1.29 is 14.3 Å². The van der Waals surface area contributed by atoms with E-state index in [1.165, 1.54) is 11.8 Å². The molecule has 3 aromatic rings. The number of benzene rings is 2. The maximum absolute atomic E-state index is 13.3. The van der Waals surface area contributed by atoms with E-state index < -0.39 is 0 Å². The molecule has 2 fully saturated rings. The summed E-state index contributed by atoms with van der Waals surface area (Å²) >= 11 is 6.91. The van der Waals surface area contributed by atoms with Crippen LogP contribution >= 0.6 is 24.0 Å². The van der Waals surface area contributed by atoms with Crippen molar-refractivity contribution in [1.82, 2.24) is 14.7 Å². The van der Waals surface area contributed by atoms with E-state index in [0.29, 0.717) is 22.4 Å². The van der Waals surface area contributed by atoms with Gasteiger partial charge in [0.05, 0.1) is 29.8 Å². The number of thiocarbonyl (C=S) groups is 1. The maximum Gasteiger partial charge on any atom is 0.266 e. The normalized spacial score (nSPS) is 18.8. The first-order chi connectivity index (χ1) is 18.0. The van der Waals surface area contributed by atoms with Gasteiger partial charge in [0.1, 0.15) is 15.8 Å². The number of aromatic nitrogens is 2. The van der Waals surface area contributed by atoms with Gasteiger partial charge in [-0.05, 0) is 68.2 Å². The molecule has 0 unspecified atom stereocenters. The van der Waals surface area contributed by atoms with Gasteiger partial charge < -0.3 is 9.47 Å². The molecule has 0 N–H and O–H groups in total. The van der Waals surface area contributed by atoms with Crippen LogP contribution in [0.5, 0.6) is 5.75 Å². The lowest BCUT2D eigenvalue weighted by Crippen LogP contribution is -2.35.